The Kier molecular flexibility index (Phi) is 4.10. The van der Waals surface area contributed by atoms with Gasteiger partial charge in [0.1, 0.15) is 18.1 Å². The van der Waals surface area contributed by atoms with Crippen molar-refractivity contribution in [3.63, 3.8) is 0 Å². The van der Waals surface area contributed by atoms with E-state index in [4.69, 9.17) is 9.47 Å². The van der Waals surface area contributed by atoms with E-state index in [1.165, 1.54) is 11.3 Å². The lowest BCUT2D eigenvalue weighted by atomic mass is 10.3. The first kappa shape index (κ1) is 13.9. The van der Waals surface area contributed by atoms with Crippen LogP contribution in [0.2, 0.25) is 0 Å². The van der Waals surface area contributed by atoms with Crippen LogP contribution in [0.15, 0.2) is 35.7 Å². The Balaban J connectivity index is 1.54. The van der Waals surface area contributed by atoms with E-state index in [9.17, 15) is 4.79 Å². The summed E-state index contributed by atoms with van der Waals surface area (Å²) in [5.41, 5.74) is 1.01. The number of hydrogen-bond donors (Lipinski definition) is 1. The van der Waals surface area contributed by atoms with Crippen LogP contribution in [0.4, 0.5) is 0 Å². The maximum absolute atomic E-state index is 11.9. The fourth-order valence-corrected chi connectivity index (χ4v) is 2.69. The number of methoxy groups -OCH3 is 1. The summed E-state index contributed by atoms with van der Waals surface area (Å²) in [7, 11) is 1.63. The highest BCUT2D eigenvalue weighted by Crippen LogP contribution is 2.22. The molecule has 0 atom stereocenters. The first-order valence-electron chi connectivity index (χ1n) is 6.90. The molecule has 4 nitrogen and oxygen atoms in total. The van der Waals surface area contributed by atoms with Crippen LogP contribution in [0.3, 0.4) is 0 Å². The molecule has 1 aliphatic rings. The molecule has 0 unspecified atom stereocenters. The van der Waals surface area contributed by atoms with E-state index in [0.29, 0.717) is 12.6 Å². The highest BCUT2D eigenvalue weighted by molar-refractivity contribution is 7.12. The number of carbonyl (C=O) groups excluding carboxylic acids is 1. The third-order valence-corrected chi connectivity index (χ3v) is 4.23. The molecular formula is C16H17NO3S. The van der Waals surface area contributed by atoms with Crippen molar-refractivity contribution in [1.82, 2.24) is 5.32 Å². The van der Waals surface area contributed by atoms with Gasteiger partial charge in [0.05, 0.1) is 12.0 Å². The quantitative estimate of drug-likeness (QED) is 0.891. The molecule has 110 valence electrons. The van der Waals surface area contributed by atoms with Crippen LogP contribution in [0, 0.1) is 0 Å². The number of thiophene rings is 1. The summed E-state index contributed by atoms with van der Waals surface area (Å²) in [5, 5.41) is 4.95. The summed E-state index contributed by atoms with van der Waals surface area (Å²) in [6.45, 7) is 0.458. The average molecular weight is 303 g/mol. The van der Waals surface area contributed by atoms with Crippen LogP contribution in [0.1, 0.15) is 28.1 Å². The lowest BCUT2D eigenvalue weighted by Gasteiger charge is -2.05. The van der Waals surface area contributed by atoms with Gasteiger partial charge in [0, 0.05) is 11.6 Å². The second-order valence-electron chi connectivity index (χ2n) is 5.03. The van der Waals surface area contributed by atoms with Crippen molar-refractivity contribution < 1.29 is 14.3 Å². The summed E-state index contributed by atoms with van der Waals surface area (Å²) in [5.74, 6) is 1.61. The number of carbonyl (C=O) groups is 1. The topological polar surface area (TPSA) is 47.6 Å². The summed E-state index contributed by atoms with van der Waals surface area (Å²) < 4.78 is 10.8. The minimum atomic E-state index is 0.0261. The molecule has 21 heavy (non-hydrogen) atoms. The zero-order chi connectivity index (χ0) is 14.7. The molecule has 0 aliphatic heterocycles. The summed E-state index contributed by atoms with van der Waals surface area (Å²) in [6.07, 6.45) is 2.20. The Hall–Kier alpha value is -2.01. The van der Waals surface area contributed by atoms with Crippen LogP contribution in [-0.2, 0) is 6.61 Å². The third-order valence-electron chi connectivity index (χ3n) is 3.26. The van der Waals surface area contributed by atoms with E-state index in [0.717, 1.165) is 34.8 Å². The number of ether oxygens (including phenoxy) is 2. The number of hydrogen-bond acceptors (Lipinski definition) is 4. The van der Waals surface area contributed by atoms with Gasteiger partial charge in [0.2, 0.25) is 0 Å². The Morgan fingerprint density at radius 1 is 1.29 bits per heavy atom. The van der Waals surface area contributed by atoms with E-state index >= 15 is 0 Å². The number of benzene rings is 1. The van der Waals surface area contributed by atoms with Gasteiger partial charge in [0.25, 0.3) is 5.91 Å². The van der Waals surface area contributed by atoms with Crippen molar-refractivity contribution in [2.75, 3.05) is 7.11 Å². The first-order valence-corrected chi connectivity index (χ1v) is 7.77. The van der Waals surface area contributed by atoms with Gasteiger partial charge in [-0.1, -0.05) is 0 Å². The lowest BCUT2D eigenvalue weighted by Crippen LogP contribution is -2.24. The van der Waals surface area contributed by atoms with Crippen LogP contribution < -0.4 is 14.8 Å². The Morgan fingerprint density at radius 3 is 2.67 bits per heavy atom. The van der Waals surface area contributed by atoms with E-state index < -0.39 is 0 Å². The molecule has 2 aromatic rings. The van der Waals surface area contributed by atoms with Gasteiger partial charge in [0.15, 0.2) is 0 Å². The number of rotatable bonds is 6. The van der Waals surface area contributed by atoms with E-state index in [-0.39, 0.29) is 5.91 Å². The Morgan fingerprint density at radius 2 is 2.00 bits per heavy atom. The van der Waals surface area contributed by atoms with Crippen molar-refractivity contribution in [2.45, 2.75) is 25.5 Å². The lowest BCUT2D eigenvalue weighted by molar-refractivity contribution is 0.0955. The highest BCUT2D eigenvalue weighted by atomic mass is 32.1. The van der Waals surface area contributed by atoms with Crippen molar-refractivity contribution in [3.8, 4) is 11.5 Å². The molecule has 1 saturated carbocycles. The van der Waals surface area contributed by atoms with Gasteiger partial charge in [-0.2, -0.15) is 0 Å². The monoisotopic (exact) mass is 303 g/mol. The molecule has 1 fully saturated rings. The van der Waals surface area contributed by atoms with Gasteiger partial charge in [-0.25, -0.2) is 0 Å². The molecule has 0 radical (unpaired) electrons. The van der Waals surface area contributed by atoms with Crippen molar-refractivity contribution >= 4 is 17.2 Å². The van der Waals surface area contributed by atoms with Crippen LogP contribution >= 0.6 is 11.3 Å². The van der Waals surface area contributed by atoms with Gasteiger partial charge < -0.3 is 14.8 Å². The summed E-state index contributed by atoms with van der Waals surface area (Å²) >= 11 is 1.46. The minimum Gasteiger partial charge on any atom is -0.497 e. The Bertz CT molecular complexity index is 617. The minimum absolute atomic E-state index is 0.0261. The molecule has 1 aromatic heterocycles. The van der Waals surface area contributed by atoms with Gasteiger partial charge >= 0.3 is 0 Å². The second-order valence-corrected chi connectivity index (χ2v) is 5.94. The first-order chi connectivity index (χ1) is 10.2. The zero-order valence-electron chi connectivity index (χ0n) is 11.8. The maximum atomic E-state index is 11.9. The second kappa shape index (κ2) is 6.18. The number of amides is 1. The largest absolute Gasteiger partial charge is 0.497 e. The standard InChI is InChI=1S/C16H17NO3S/c1-19-13-4-6-14(7-5-13)20-9-11-8-15(21-10-11)16(18)17-12-2-3-12/h4-8,10,12H,2-3,9H2,1H3,(H,17,18). The fourth-order valence-electron chi connectivity index (χ4n) is 1.89. The smallest absolute Gasteiger partial charge is 0.261 e. The van der Waals surface area contributed by atoms with Crippen LogP contribution in [0.25, 0.3) is 0 Å². The number of nitrogens with one attached hydrogen (secondary N) is 1. The summed E-state index contributed by atoms with van der Waals surface area (Å²) in [6, 6.07) is 9.73. The van der Waals surface area contributed by atoms with Crippen LogP contribution in [0.5, 0.6) is 11.5 Å². The molecule has 5 heteroatoms. The van der Waals surface area contributed by atoms with Gasteiger partial charge in [-0.05, 0) is 48.6 Å². The molecule has 1 amide bonds. The molecule has 1 heterocycles. The molecule has 0 spiro atoms. The fraction of sp³-hybridized carbons (Fsp3) is 0.312. The molecule has 1 aliphatic carbocycles. The van der Waals surface area contributed by atoms with Crippen molar-refractivity contribution in [1.29, 1.82) is 0 Å². The van der Waals surface area contributed by atoms with Crippen LogP contribution in [-0.4, -0.2) is 19.1 Å². The van der Waals surface area contributed by atoms with E-state index in [2.05, 4.69) is 5.32 Å². The zero-order valence-corrected chi connectivity index (χ0v) is 12.6. The van der Waals surface area contributed by atoms with Crippen molar-refractivity contribution in [3.05, 3.63) is 46.2 Å². The molecule has 1 aromatic carbocycles. The highest BCUT2D eigenvalue weighted by Gasteiger charge is 2.24. The molecule has 0 saturated heterocycles. The van der Waals surface area contributed by atoms with E-state index in [1.807, 2.05) is 35.7 Å². The molecule has 1 N–H and O–H groups in total. The molecular weight excluding hydrogens is 286 g/mol. The normalized spacial score (nSPS) is 13.8. The van der Waals surface area contributed by atoms with E-state index in [1.54, 1.807) is 7.11 Å². The van der Waals surface area contributed by atoms with Gasteiger partial charge in [-0.3, -0.25) is 4.79 Å². The van der Waals surface area contributed by atoms with Gasteiger partial charge in [-0.15, -0.1) is 11.3 Å². The maximum Gasteiger partial charge on any atom is 0.261 e. The third kappa shape index (κ3) is 3.76. The molecule has 0 bridgehead atoms. The predicted octanol–water partition coefficient (Wildman–Crippen LogP) is 3.23. The Labute approximate surface area is 127 Å². The summed E-state index contributed by atoms with van der Waals surface area (Å²) in [4.78, 5) is 12.6. The predicted molar refractivity (Wildman–Crippen MR) is 82.1 cm³/mol. The van der Waals surface area contributed by atoms with Crippen molar-refractivity contribution in [2.24, 2.45) is 0 Å². The average Bonchev–Trinajstić information content (AvgIpc) is 3.19. The SMILES string of the molecule is COc1ccc(OCc2csc(C(=O)NC3CC3)c2)cc1. The molecule has 3 rings (SSSR count).